The van der Waals surface area contributed by atoms with Gasteiger partial charge in [0, 0.05) is 49.7 Å². The van der Waals surface area contributed by atoms with Crippen molar-refractivity contribution in [3.8, 4) is 0 Å². The van der Waals surface area contributed by atoms with E-state index in [0.717, 1.165) is 19.1 Å². The Morgan fingerprint density at radius 1 is 1.18 bits per heavy atom. The number of rotatable bonds is 6. The van der Waals surface area contributed by atoms with Crippen LogP contribution in [0.1, 0.15) is 54.4 Å². The van der Waals surface area contributed by atoms with Crippen molar-refractivity contribution in [2.45, 2.75) is 64.7 Å². The van der Waals surface area contributed by atoms with Gasteiger partial charge in [-0.05, 0) is 39.5 Å². The van der Waals surface area contributed by atoms with E-state index in [1.165, 1.54) is 48.3 Å². The van der Waals surface area contributed by atoms with Crippen LogP contribution in [0.5, 0.6) is 0 Å². The van der Waals surface area contributed by atoms with Gasteiger partial charge < -0.3 is 4.57 Å². The predicted molar refractivity (Wildman–Crippen MR) is 85.4 cm³/mol. The third kappa shape index (κ3) is 2.58. The van der Waals surface area contributed by atoms with E-state index >= 15 is 0 Å². The Morgan fingerprint density at radius 2 is 1.95 bits per heavy atom. The summed E-state index contributed by atoms with van der Waals surface area (Å²) in [6, 6.07) is 1.45. The minimum absolute atomic E-state index is 0.709. The molecule has 118 valence electrons. The number of nitrogens with zero attached hydrogens (tertiary/aromatic N) is 5. The minimum Gasteiger partial charge on any atom is -0.330 e. The number of imidazole rings is 1. The summed E-state index contributed by atoms with van der Waals surface area (Å²) in [5, 5.41) is 4.57. The lowest BCUT2D eigenvalue weighted by Crippen LogP contribution is -2.26. The molecule has 2 aliphatic carbocycles. The van der Waals surface area contributed by atoms with E-state index in [4.69, 9.17) is 0 Å². The summed E-state index contributed by atoms with van der Waals surface area (Å²) in [5.74, 6) is 0. The predicted octanol–water partition coefficient (Wildman–Crippen LogP) is 2.73. The molecular weight excluding hydrogens is 274 g/mol. The molecule has 5 nitrogen and oxygen atoms in total. The Kier molecular flexibility index (Phi) is 3.33. The van der Waals surface area contributed by atoms with Crippen LogP contribution in [-0.4, -0.2) is 30.3 Å². The van der Waals surface area contributed by atoms with Gasteiger partial charge in [-0.1, -0.05) is 0 Å². The molecule has 0 aromatic carbocycles. The molecule has 0 atom stereocenters. The van der Waals surface area contributed by atoms with E-state index in [1.54, 1.807) is 0 Å². The first-order valence-corrected chi connectivity index (χ1v) is 8.37. The summed E-state index contributed by atoms with van der Waals surface area (Å²) >= 11 is 0. The summed E-state index contributed by atoms with van der Waals surface area (Å²) in [6.45, 7) is 6.32. The first-order valence-electron chi connectivity index (χ1n) is 8.37. The van der Waals surface area contributed by atoms with Gasteiger partial charge in [0.15, 0.2) is 0 Å². The Balaban J connectivity index is 1.55. The second-order valence-electron chi connectivity index (χ2n) is 6.93. The fraction of sp³-hybridized carbons (Fsp3) is 0.647. The van der Waals surface area contributed by atoms with E-state index < -0.39 is 0 Å². The molecule has 2 aliphatic rings. The van der Waals surface area contributed by atoms with E-state index in [1.807, 2.05) is 18.1 Å². The first-order chi connectivity index (χ1) is 10.6. The van der Waals surface area contributed by atoms with Gasteiger partial charge >= 0.3 is 0 Å². The number of aryl methyl sites for hydroxylation is 2. The zero-order chi connectivity index (χ0) is 15.3. The second kappa shape index (κ2) is 5.23. The first kappa shape index (κ1) is 14.0. The molecule has 0 saturated heterocycles. The van der Waals surface area contributed by atoms with Gasteiger partial charge in [0.05, 0.1) is 17.7 Å². The quantitative estimate of drug-likeness (QED) is 0.823. The lowest BCUT2D eigenvalue weighted by Gasteiger charge is -2.23. The molecule has 2 saturated carbocycles. The average Bonchev–Trinajstić information content (AvgIpc) is 3.40. The standard InChI is InChI=1S/C17H25N5/c1-12-17(13(2)20(3)19-12)10-21(14-4-5-14)9-16-8-18-11-22(16)15-6-7-15/h8,11,14-15H,4-7,9-10H2,1-3H3. The molecule has 2 fully saturated rings. The van der Waals surface area contributed by atoms with Crippen LogP contribution in [0.4, 0.5) is 0 Å². The molecule has 4 rings (SSSR count). The normalized spacial score (nSPS) is 18.4. The van der Waals surface area contributed by atoms with Crippen LogP contribution in [0.25, 0.3) is 0 Å². The van der Waals surface area contributed by atoms with Gasteiger partial charge in [-0.15, -0.1) is 0 Å². The van der Waals surface area contributed by atoms with Gasteiger partial charge in [-0.2, -0.15) is 5.10 Å². The summed E-state index contributed by atoms with van der Waals surface area (Å²) in [5.41, 5.74) is 5.22. The van der Waals surface area contributed by atoms with Crippen LogP contribution >= 0.6 is 0 Å². The largest absolute Gasteiger partial charge is 0.330 e. The molecule has 0 amide bonds. The molecule has 5 heteroatoms. The van der Waals surface area contributed by atoms with Crippen LogP contribution < -0.4 is 0 Å². The maximum atomic E-state index is 4.57. The van der Waals surface area contributed by atoms with Crippen LogP contribution in [0.15, 0.2) is 12.5 Å². The Morgan fingerprint density at radius 3 is 2.55 bits per heavy atom. The number of hydrogen-bond donors (Lipinski definition) is 0. The lowest BCUT2D eigenvalue weighted by molar-refractivity contribution is 0.238. The molecule has 0 spiro atoms. The van der Waals surface area contributed by atoms with Crippen molar-refractivity contribution in [1.29, 1.82) is 0 Å². The molecule has 0 aliphatic heterocycles. The maximum Gasteiger partial charge on any atom is 0.0951 e. The van der Waals surface area contributed by atoms with Gasteiger partial charge in [0.25, 0.3) is 0 Å². The Labute approximate surface area is 131 Å². The van der Waals surface area contributed by atoms with E-state index in [9.17, 15) is 0 Å². The molecule has 0 radical (unpaired) electrons. The van der Waals surface area contributed by atoms with E-state index in [0.29, 0.717) is 6.04 Å². The average molecular weight is 299 g/mol. The fourth-order valence-corrected chi connectivity index (χ4v) is 3.35. The van der Waals surface area contributed by atoms with Crippen molar-refractivity contribution in [3.05, 3.63) is 35.2 Å². The topological polar surface area (TPSA) is 38.9 Å². The number of aromatic nitrogens is 4. The Bertz CT molecular complexity index is 675. The zero-order valence-corrected chi connectivity index (χ0v) is 13.8. The summed E-state index contributed by atoms with van der Waals surface area (Å²) in [6.07, 6.45) is 9.35. The molecule has 2 aromatic heterocycles. The molecule has 22 heavy (non-hydrogen) atoms. The SMILES string of the molecule is Cc1nn(C)c(C)c1CN(Cc1cncn1C1CC1)C1CC1. The van der Waals surface area contributed by atoms with Gasteiger partial charge in [-0.3, -0.25) is 9.58 Å². The van der Waals surface area contributed by atoms with Crippen molar-refractivity contribution in [1.82, 2.24) is 24.2 Å². The highest BCUT2D eigenvalue weighted by Gasteiger charge is 2.32. The highest BCUT2D eigenvalue weighted by molar-refractivity contribution is 5.24. The monoisotopic (exact) mass is 299 g/mol. The molecule has 0 unspecified atom stereocenters. The third-order valence-corrected chi connectivity index (χ3v) is 5.13. The molecule has 0 N–H and O–H groups in total. The van der Waals surface area contributed by atoms with Crippen LogP contribution in [0, 0.1) is 13.8 Å². The zero-order valence-electron chi connectivity index (χ0n) is 13.8. The van der Waals surface area contributed by atoms with Crippen LogP contribution in [0.2, 0.25) is 0 Å². The summed E-state index contributed by atoms with van der Waals surface area (Å²) < 4.78 is 4.39. The van der Waals surface area contributed by atoms with Crippen LogP contribution in [-0.2, 0) is 20.1 Å². The summed E-state index contributed by atoms with van der Waals surface area (Å²) in [4.78, 5) is 7.00. The molecular formula is C17H25N5. The van der Waals surface area contributed by atoms with Gasteiger partial charge in [-0.25, -0.2) is 4.98 Å². The third-order valence-electron chi connectivity index (χ3n) is 5.13. The lowest BCUT2D eigenvalue weighted by atomic mass is 10.1. The van der Waals surface area contributed by atoms with Gasteiger partial charge in [0.2, 0.25) is 0 Å². The Hall–Kier alpha value is -1.62. The smallest absolute Gasteiger partial charge is 0.0951 e. The van der Waals surface area contributed by atoms with Crippen molar-refractivity contribution in [2.24, 2.45) is 7.05 Å². The highest BCUT2D eigenvalue weighted by atomic mass is 15.3. The second-order valence-corrected chi connectivity index (χ2v) is 6.93. The highest BCUT2D eigenvalue weighted by Crippen LogP contribution is 2.37. The van der Waals surface area contributed by atoms with Crippen molar-refractivity contribution in [2.75, 3.05) is 0 Å². The van der Waals surface area contributed by atoms with Gasteiger partial charge in [0.1, 0.15) is 0 Å². The summed E-state index contributed by atoms with van der Waals surface area (Å²) in [7, 11) is 2.04. The van der Waals surface area contributed by atoms with Crippen molar-refractivity contribution in [3.63, 3.8) is 0 Å². The minimum atomic E-state index is 0.709. The van der Waals surface area contributed by atoms with E-state index in [2.05, 4.69) is 39.6 Å². The number of hydrogen-bond acceptors (Lipinski definition) is 3. The fourth-order valence-electron chi connectivity index (χ4n) is 3.35. The molecule has 2 aromatic rings. The van der Waals surface area contributed by atoms with Crippen molar-refractivity contribution >= 4 is 0 Å². The van der Waals surface area contributed by atoms with E-state index in [-0.39, 0.29) is 0 Å². The molecule has 2 heterocycles. The molecule has 0 bridgehead atoms. The maximum absolute atomic E-state index is 4.57. The van der Waals surface area contributed by atoms with Crippen LogP contribution in [0.3, 0.4) is 0 Å². The van der Waals surface area contributed by atoms with Crippen molar-refractivity contribution < 1.29 is 0 Å².